The molecule has 0 radical (unpaired) electrons. The molecule has 0 spiro atoms. The quantitative estimate of drug-likeness (QED) is 0.446. The maximum absolute atomic E-state index is 4.16. The van der Waals surface area contributed by atoms with Gasteiger partial charge in [-0.15, -0.1) is 0 Å². The number of rotatable bonds is 3. The van der Waals surface area contributed by atoms with Gasteiger partial charge in [0.25, 0.3) is 0 Å². The van der Waals surface area contributed by atoms with Crippen LogP contribution in [0, 0.1) is 0 Å². The monoisotopic (exact) mass is 152 g/mol. The first-order valence-corrected chi connectivity index (χ1v) is 3.61. The van der Waals surface area contributed by atoms with Crippen LogP contribution in [0.15, 0.2) is 29.0 Å². The molecule has 0 rings (SSSR count). The van der Waals surface area contributed by atoms with Crippen molar-refractivity contribution in [2.24, 2.45) is 4.99 Å². The van der Waals surface area contributed by atoms with E-state index in [2.05, 4.69) is 11.6 Å². The van der Waals surface area contributed by atoms with E-state index in [1.165, 1.54) is 0 Å². The van der Waals surface area contributed by atoms with Gasteiger partial charge in [-0.05, 0) is 19.9 Å². The second kappa shape index (κ2) is 4.72. The molecule has 0 aromatic carbocycles. The van der Waals surface area contributed by atoms with Crippen LogP contribution in [0.4, 0.5) is 0 Å². The summed E-state index contributed by atoms with van der Waals surface area (Å²) in [5.41, 5.74) is 1.01. The van der Waals surface area contributed by atoms with Crippen LogP contribution < -0.4 is 0 Å². The maximum atomic E-state index is 4.16. The molecule has 0 bridgehead atoms. The van der Waals surface area contributed by atoms with Crippen molar-refractivity contribution >= 4 is 6.21 Å². The molecule has 0 atom stereocenters. The first-order chi connectivity index (χ1) is 5.07. The lowest BCUT2D eigenvalue weighted by Crippen LogP contribution is -2.09. The van der Waals surface area contributed by atoms with Crippen molar-refractivity contribution in [3.05, 3.63) is 24.0 Å². The van der Waals surface area contributed by atoms with E-state index < -0.39 is 0 Å². The molecule has 0 N–H and O–H groups in total. The summed E-state index contributed by atoms with van der Waals surface area (Å²) in [6.07, 6.45) is 3.72. The van der Waals surface area contributed by atoms with Crippen LogP contribution in [0.2, 0.25) is 0 Å². The third-order valence-corrected chi connectivity index (χ3v) is 1.10. The van der Waals surface area contributed by atoms with Crippen molar-refractivity contribution in [1.29, 1.82) is 0 Å². The molecule has 62 valence electrons. The number of hydrogen-bond donors (Lipinski definition) is 0. The molecule has 0 amide bonds. The van der Waals surface area contributed by atoms with Gasteiger partial charge in [0.05, 0.1) is 0 Å². The van der Waals surface area contributed by atoms with E-state index in [0.717, 1.165) is 11.4 Å². The first kappa shape index (κ1) is 9.95. The Bertz CT molecular complexity index is 188. The summed E-state index contributed by atoms with van der Waals surface area (Å²) in [7, 11) is 3.92. The fraction of sp³-hybridized carbons (Fsp3) is 0.444. The van der Waals surface area contributed by atoms with Gasteiger partial charge in [-0.1, -0.05) is 12.2 Å². The molecule has 0 aliphatic rings. The van der Waals surface area contributed by atoms with Gasteiger partial charge in [0.2, 0.25) is 0 Å². The van der Waals surface area contributed by atoms with E-state index in [1.807, 2.05) is 38.9 Å². The highest BCUT2D eigenvalue weighted by atomic mass is 15.2. The van der Waals surface area contributed by atoms with Crippen LogP contribution in [0.1, 0.15) is 13.8 Å². The third-order valence-electron chi connectivity index (χ3n) is 1.10. The number of aliphatic imine (C=N–C) groups is 1. The molecule has 0 aliphatic carbocycles. The third kappa shape index (κ3) is 4.37. The summed E-state index contributed by atoms with van der Waals surface area (Å²) in [6, 6.07) is 0. The normalized spacial score (nSPS) is 12.2. The Balaban J connectivity index is 4.46. The Labute approximate surface area is 68.9 Å². The fourth-order valence-electron chi connectivity index (χ4n) is 0.634. The Morgan fingerprint density at radius 3 is 2.27 bits per heavy atom. The summed E-state index contributed by atoms with van der Waals surface area (Å²) in [4.78, 5) is 6.12. The highest BCUT2D eigenvalue weighted by Gasteiger charge is 1.93. The van der Waals surface area contributed by atoms with Crippen LogP contribution in [-0.4, -0.2) is 25.2 Å². The minimum absolute atomic E-state index is 0.931. The first-order valence-electron chi connectivity index (χ1n) is 3.61. The Morgan fingerprint density at radius 2 is 2.00 bits per heavy atom. The van der Waals surface area contributed by atoms with Gasteiger partial charge in [0.15, 0.2) is 0 Å². The van der Waals surface area contributed by atoms with Gasteiger partial charge >= 0.3 is 0 Å². The van der Waals surface area contributed by atoms with E-state index in [1.54, 1.807) is 6.21 Å². The van der Waals surface area contributed by atoms with Gasteiger partial charge in [0, 0.05) is 20.3 Å². The second-order valence-electron chi connectivity index (χ2n) is 2.63. The smallest absolute Gasteiger partial charge is 0.127 e. The summed E-state index contributed by atoms with van der Waals surface area (Å²) in [5.74, 6) is 0.931. The average Bonchev–Trinajstić information content (AvgIpc) is 1.86. The highest BCUT2D eigenvalue weighted by molar-refractivity contribution is 5.55. The summed E-state index contributed by atoms with van der Waals surface area (Å²) >= 11 is 0. The number of allylic oxidation sites excluding steroid dienone is 2. The zero-order chi connectivity index (χ0) is 8.85. The number of hydrogen-bond acceptors (Lipinski definition) is 2. The zero-order valence-corrected chi connectivity index (χ0v) is 7.76. The SMILES string of the molecule is C=C(C)/C=C(\N=C/C)N(C)C. The van der Waals surface area contributed by atoms with Gasteiger partial charge in [-0.3, -0.25) is 0 Å². The minimum Gasteiger partial charge on any atom is -0.363 e. The molecular weight excluding hydrogens is 136 g/mol. The molecule has 2 heteroatoms. The fourth-order valence-corrected chi connectivity index (χ4v) is 0.634. The van der Waals surface area contributed by atoms with E-state index in [9.17, 15) is 0 Å². The molecule has 0 aromatic rings. The van der Waals surface area contributed by atoms with Gasteiger partial charge in [-0.25, -0.2) is 4.99 Å². The summed E-state index contributed by atoms with van der Waals surface area (Å²) < 4.78 is 0. The summed E-state index contributed by atoms with van der Waals surface area (Å²) in [6.45, 7) is 7.63. The lowest BCUT2D eigenvalue weighted by Gasteiger charge is -2.11. The van der Waals surface area contributed by atoms with E-state index in [4.69, 9.17) is 0 Å². The predicted octanol–water partition coefficient (Wildman–Crippen LogP) is 2.06. The van der Waals surface area contributed by atoms with Crippen molar-refractivity contribution in [1.82, 2.24) is 4.90 Å². The largest absolute Gasteiger partial charge is 0.363 e. The second-order valence-corrected chi connectivity index (χ2v) is 2.63. The summed E-state index contributed by atoms with van der Waals surface area (Å²) in [5, 5.41) is 0. The topological polar surface area (TPSA) is 15.6 Å². The molecular formula is C9H16N2. The lowest BCUT2D eigenvalue weighted by atomic mass is 10.3. The van der Waals surface area contributed by atoms with Gasteiger partial charge < -0.3 is 4.90 Å². The molecule has 2 nitrogen and oxygen atoms in total. The van der Waals surface area contributed by atoms with Crippen LogP contribution in [0.25, 0.3) is 0 Å². The van der Waals surface area contributed by atoms with Crippen LogP contribution in [-0.2, 0) is 0 Å². The molecule has 0 fully saturated rings. The predicted molar refractivity (Wildman–Crippen MR) is 50.8 cm³/mol. The molecule has 0 saturated heterocycles. The zero-order valence-electron chi connectivity index (χ0n) is 7.76. The van der Waals surface area contributed by atoms with Crippen molar-refractivity contribution in [3.8, 4) is 0 Å². The Hall–Kier alpha value is -1.05. The van der Waals surface area contributed by atoms with Crippen LogP contribution in [0.5, 0.6) is 0 Å². The Kier molecular flexibility index (Phi) is 4.27. The van der Waals surface area contributed by atoms with E-state index >= 15 is 0 Å². The van der Waals surface area contributed by atoms with E-state index in [0.29, 0.717) is 0 Å². The molecule has 0 unspecified atom stereocenters. The van der Waals surface area contributed by atoms with Crippen molar-refractivity contribution in [3.63, 3.8) is 0 Å². The minimum atomic E-state index is 0.931. The highest BCUT2D eigenvalue weighted by Crippen LogP contribution is 2.03. The van der Waals surface area contributed by atoms with Gasteiger partial charge in [0.1, 0.15) is 5.82 Å². The molecule has 0 saturated carbocycles. The van der Waals surface area contributed by atoms with Crippen molar-refractivity contribution < 1.29 is 0 Å². The molecule has 0 aliphatic heterocycles. The van der Waals surface area contributed by atoms with Gasteiger partial charge in [-0.2, -0.15) is 0 Å². The Morgan fingerprint density at radius 1 is 1.45 bits per heavy atom. The molecule has 0 aromatic heterocycles. The number of nitrogens with zero attached hydrogens (tertiary/aromatic N) is 2. The van der Waals surface area contributed by atoms with Crippen LogP contribution >= 0.6 is 0 Å². The van der Waals surface area contributed by atoms with E-state index in [-0.39, 0.29) is 0 Å². The van der Waals surface area contributed by atoms with Crippen molar-refractivity contribution in [2.75, 3.05) is 14.1 Å². The maximum Gasteiger partial charge on any atom is 0.127 e. The molecule has 11 heavy (non-hydrogen) atoms. The average molecular weight is 152 g/mol. The standard InChI is InChI=1S/C9H16N2/c1-6-10-9(11(4)5)7-8(2)3/h6-7H,2H2,1,3-5H3/b9-7+,10-6-. The molecule has 0 heterocycles. The van der Waals surface area contributed by atoms with Crippen LogP contribution in [0.3, 0.4) is 0 Å². The van der Waals surface area contributed by atoms with Crippen molar-refractivity contribution in [2.45, 2.75) is 13.8 Å². The lowest BCUT2D eigenvalue weighted by molar-refractivity contribution is 0.507.